The van der Waals surface area contributed by atoms with Gasteiger partial charge >= 0.3 is 6.18 Å². The molecule has 2 saturated heterocycles. The molecule has 3 heterocycles. The second-order valence-electron chi connectivity index (χ2n) is 8.43. The fourth-order valence-corrected chi connectivity index (χ4v) is 4.51. The van der Waals surface area contributed by atoms with E-state index < -0.39 is 11.7 Å². The summed E-state index contributed by atoms with van der Waals surface area (Å²) in [7, 11) is 0. The highest BCUT2D eigenvalue weighted by Gasteiger charge is 2.32. The minimum atomic E-state index is -4.48. The monoisotopic (exact) mass is 481 g/mol. The number of hydrogen-bond acceptors (Lipinski definition) is 5. The number of pyridine rings is 1. The quantitative estimate of drug-likeness (QED) is 0.656. The van der Waals surface area contributed by atoms with Crippen molar-refractivity contribution in [2.75, 3.05) is 63.8 Å². The lowest BCUT2D eigenvalue weighted by atomic mass is 10.2. The van der Waals surface area contributed by atoms with E-state index in [0.717, 1.165) is 45.0 Å². The molecule has 178 valence electrons. The van der Waals surface area contributed by atoms with Gasteiger partial charge in [-0.3, -0.25) is 14.6 Å². The lowest BCUT2D eigenvalue weighted by Gasteiger charge is -2.38. The van der Waals surface area contributed by atoms with E-state index in [1.807, 2.05) is 28.0 Å². The number of hydrogen-bond donors (Lipinski definition) is 0. The Hall–Kier alpha value is -2.36. The van der Waals surface area contributed by atoms with Gasteiger partial charge in [0.25, 0.3) is 0 Å². The molecule has 2 aromatic rings. The molecule has 1 aromatic heterocycles. The van der Waals surface area contributed by atoms with Gasteiger partial charge in [-0.15, -0.1) is 0 Å². The van der Waals surface area contributed by atoms with E-state index in [9.17, 15) is 18.0 Å². The fraction of sp³-hybridized carbons (Fsp3) is 0.478. The normalized spacial score (nSPS) is 18.5. The molecule has 0 bridgehead atoms. The number of piperazine rings is 2. The zero-order valence-electron chi connectivity index (χ0n) is 18.3. The van der Waals surface area contributed by atoms with Gasteiger partial charge in [0.15, 0.2) is 0 Å². The molecule has 2 aliphatic heterocycles. The van der Waals surface area contributed by atoms with E-state index in [1.54, 1.807) is 0 Å². The summed E-state index contributed by atoms with van der Waals surface area (Å²) in [5.74, 6) is 0.406. The highest BCUT2D eigenvalue weighted by atomic mass is 35.5. The number of alkyl halides is 3. The summed E-state index contributed by atoms with van der Waals surface area (Å²) in [6.07, 6.45) is -3.68. The van der Waals surface area contributed by atoms with E-state index >= 15 is 0 Å². The molecule has 0 N–H and O–H groups in total. The van der Waals surface area contributed by atoms with Crippen LogP contribution in [0.25, 0.3) is 0 Å². The van der Waals surface area contributed by atoms with Crippen LogP contribution >= 0.6 is 11.6 Å². The van der Waals surface area contributed by atoms with Crippen LogP contribution in [-0.2, 0) is 17.5 Å². The average Bonchev–Trinajstić information content (AvgIpc) is 2.80. The Balaban J connectivity index is 1.22. The molecule has 6 nitrogen and oxygen atoms in total. The highest BCUT2D eigenvalue weighted by Crippen LogP contribution is 2.33. The number of rotatable bonds is 5. The van der Waals surface area contributed by atoms with Crippen LogP contribution in [0.2, 0.25) is 5.02 Å². The molecule has 4 rings (SSSR count). The second-order valence-corrected chi connectivity index (χ2v) is 8.84. The van der Waals surface area contributed by atoms with Crippen LogP contribution in [0.1, 0.15) is 11.1 Å². The van der Waals surface area contributed by atoms with Crippen molar-refractivity contribution in [2.45, 2.75) is 12.7 Å². The van der Waals surface area contributed by atoms with Crippen molar-refractivity contribution in [3.05, 3.63) is 58.7 Å². The first-order chi connectivity index (χ1) is 15.8. The molecule has 1 aromatic carbocycles. The van der Waals surface area contributed by atoms with Crippen molar-refractivity contribution < 1.29 is 18.0 Å². The topological polar surface area (TPSA) is 42.9 Å². The van der Waals surface area contributed by atoms with E-state index in [-0.39, 0.29) is 10.9 Å². The predicted octanol–water partition coefficient (Wildman–Crippen LogP) is 3.22. The SMILES string of the molecule is O=C(CN1CCN(Cc2ccccc2)CC1)N1CCN(c2ncc(C(F)(F)F)cc2Cl)CC1. The summed E-state index contributed by atoms with van der Waals surface area (Å²) >= 11 is 6.06. The van der Waals surface area contributed by atoms with E-state index in [4.69, 9.17) is 11.6 Å². The van der Waals surface area contributed by atoms with Gasteiger partial charge in [-0.1, -0.05) is 41.9 Å². The van der Waals surface area contributed by atoms with Crippen molar-refractivity contribution in [1.82, 2.24) is 19.7 Å². The van der Waals surface area contributed by atoms with Crippen molar-refractivity contribution in [1.29, 1.82) is 0 Å². The molecule has 2 aliphatic rings. The third-order valence-electron chi connectivity index (χ3n) is 6.15. The summed E-state index contributed by atoms with van der Waals surface area (Å²) in [4.78, 5) is 24.9. The number of amides is 1. The molecule has 0 saturated carbocycles. The predicted molar refractivity (Wildman–Crippen MR) is 121 cm³/mol. The van der Waals surface area contributed by atoms with Crippen LogP contribution in [0.5, 0.6) is 0 Å². The van der Waals surface area contributed by atoms with E-state index in [1.165, 1.54) is 5.56 Å². The maximum absolute atomic E-state index is 12.8. The molecular formula is C23H27ClF3N5O. The average molecular weight is 482 g/mol. The first-order valence-corrected chi connectivity index (χ1v) is 11.4. The molecule has 2 fully saturated rings. The minimum Gasteiger partial charge on any atom is -0.352 e. The molecule has 1 amide bonds. The van der Waals surface area contributed by atoms with Crippen LogP contribution in [0, 0.1) is 0 Å². The largest absolute Gasteiger partial charge is 0.417 e. The first kappa shape index (κ1) is 23.8. The lowest BCUT2D eigenvalue weighted by molar-refractivity contribution is -0.138. The van der Waals surface area contributed by atoms with Gasteiger partial charge in [0.05, 0.1) is 17.1 Å². The molecule has 0 unspecified atom stereocenters. The summed E-state index contributed by atoms with van der Waals surface area (Å²) in [5.41, 5.74) is 0.427. The van der Waals surface area contributed by atoms with Gasteiger partial charge in [0.2, 0.25) is 5.91 Å². The smallest absolute Gasteiger partial charge is 0.352 e. The number of nitrogens with zero attached hydrogens (tertiary/aromatic N) is 5. The Morgan fingerprint density at radius 3 is 2.18 bits per heavy atom. The summed E-state index contributed by atoms with van der Waals surface area (Å²) in [5, 5.41) is -0.0297. The molecular weight excluding hydrogens is 455 g/mol. The van der Waals surface area contributed by atoms with Crippen molar-refractivity contribution in [3.63, 3.8) is 0 Å². The van der Waals surface area contributed by atoms with Gasteiger partial charge in [0, 0.05) is 65.1 Å². The summed E-state index contributed by atoms with van der Waals surface area (Å²) in [6, 6.07) is 11.3. The Kier molecular flexibility index (Phi) is 7.41. The van der Waals surface area contributed by atoms with Crippen LogP contribution in [0.15, 0.2) is 42.6 Å². The Morgan fingerprint density at radius 2 is 1.58 bits per heavy atom. The molecule has 0 spiro atoms. The van der Waals surface area contributed by atoms with Crippen LogP contribution in [-0.4, -0.2) is 84.5 Å². The number of carbonyl (C=O) groups is 1. The Bertz CT molecular complexity index is 943. The number of aromatic nitrogens is 1. The molecule has 0 aliphatic carbocycles. The fourth-order valence-electron chi connectivity index (χ4n) is 4.22. The van der Waals surface area contributed by atoms with E-state index in [0.29, 0.717) is 38.5 Å². The summed E-state index contributed by atoms with van der Waals surface area (Å²) in [6.45, 7) is 6.81. The Labute approximate surface area is 196 Å². The third-order valence-corrected chi connectivity index (χ3v) is 6.43. The van der Waals surface area contributed by atoms with Gasteiger partial charge in [-0.2, -0.15) is 13.2 Å². The number of carbonyl (C=O) groups excluding carboxylic acids is 1. The standard InChI is InChI=1S/C23H27ClF3N5O/c24-20-14-19(23(25,26)27)15-28-22(20)32-12-10-31(11-13-32)21(33)17-30-8-6-29(7-9-30)16-18-4-2-1-3-5-18/h1-5,14-15H,6-13,16-17H2. The van der Waals surface area contributed by atoms with Crippen molar-refractivity contribution in [2.24, 2.45) is 0 Å². The Morgan fingerprint density at radius 1 is 0.939 bits per heavy atom. The van der Waals surface area contributed by atoms with Gasteiger partial charge < -0.3 is 9.80 Å². The first-order valence-electron chi connectivity index (χ1n) is 11.0. The zero-order valence-corrected chi connectivity index (χ0v) is 19.0. The molecule has 0 atom stereocenters. The molecule has 10 heteroatoms. The van der Waals surface area contributed by atoms with E-state index in [2.05, 4.69) is 26.9 Å². The lowest BCUT2D eigenvalue weighted by Crippen LogP contribution is -2.53. The molecule has 33 heavy (non-hydrogen) atoms. The summed E-state index contributed by atoms with van der Waals surface area (Å²) < 4.78 is 38.5. The maximum Gasteiger partial charge on any atom is 0.417 e. The van der Waals surface area contributed by atoms with Crippen molar-refractivity contribution in [3.8, 4) is 0 Å². The third kappa shape index (κ3) is 6.16. The van der Waals surface area contributed by atoms with Crippen LogP contribution in [0.3, 0.4) is 0 Å². The highest BCUT2D eigenvalue weighted by molar-refractivity contribution is 6.33. The molecule has 0 radical (unpaired) electrons. The van der Waals surface area contributed by atoms with Gasteiger partial charge in [-0.05, 0) is 11.6 Å². The number of anilines is 1. The van der Waals surface area contributed by atoms with Crippen LogP contribution in [0.4, 0.5) is 19.0 Å². The maximum atomic E-state index is 12.8. The number of halogens is 4. The van der Waals surface area contributed by atoms with Gasteiger partial charge in [-0.25, -0.2) is 4.98 Å². The van der Waals surface area contributed by atoms with Crippen molar-refractivity contribution >= 4 is 23.3 Å². The number of benzene rings is 1. The van der Waals surface area contributed by atoms with Crippen LogP contribution < -0.4 is 4.90 Å². The zero-order chi connectivity index (χ0) is 23.4. The van der Waals surface area contributed by atoms with Gasteiger partial charge in [0.1, 0.15) is 5.82 Å². The second kappa shape index (κ2) is 10.3. The minimum absolute atomic E-state index is 0.0297.